The molecule has 1 aliphatic rings. The van der Waals surface area contributed by atoms with E-state index < -0.39 is 10.0 Å². The Balaban J connectivity index is 2.38. The van der Waals surface area contributed by atoms with E-state index in [1.54, 1.807) is 0 Å². The van der Waals surface area contributed by atoms with Crippen molar-refractivity contribution in [3.8, 4) is 0 Å². The molecule has 1 atom stereocenters. The second-order valence-electron chi connectivity index (χ2n) is 3.93. The van der Waals surface area contributed by atoms with E-state index in [2.05, 4.69) is 4.72 Å². The van der Waals surface area contributed by atoms with Gasteiger partial charge in [-0.15, -0.1) is 11.6 Å². The second-order valence-corrected chi connectivity index (χ2v) is 6.10. The van der Waals surface area contributed by atoms with Gasteiger partial charge in [0.1, 0.15) is 0 Å². The van der Waals surface area contributed by atoms with Gasteiger partial charge in [-0.1, -0.05) is 6.92 Å². The van der Waals surface area contributed by atoms with E-state index in [1.165, 1.54) is 0 Å². The van der Waals surface area contributed by atoms with Crippen LogP contribution in [0.2, 0.25) is 0 Å². The Morgan fingerprint density at radius 3 is 2.57 bits per heavy atom. The Morgan fingerprint density at radius 1 is 1.50 bits per heavy atom. The van der Waals surface area contributed by atoms with Gasteiger partial charge < -0.3 is 0 Å². The maximum Gasteiger partial charge on any atom is 0.212 e. The fourth-order valence-corrected chi connectivity index (χ4v) is 3.48. The minimum absolute atomic E-state index is 0.0104. The highest BCUT2D eigenvalue weighted by Crippen LogP contribution is 2.30. The van der Waals surface area contributed by atoms with E-state index in [9.17, 15) is 8.42 Å². The first kappa shape index (κ1) is 12.3. The van der Waals surface area contributed by atoms with E-state index in [-0.39, 0.29) is 6.04 Å². The summed E-state index contributed by atoms with van der Waals surface area (Å²) in [4.78, 5) is 0. The van der Waals surface area contributed by atoms with Gasteiger partial charge >= 0.3 is 0 Å². The van der Waals surface area contributed by atoms with Crippen molar-refractivity contribution < 1.29 is 8.42 Å². The Morgan fingerprint density at radius 2 is 2.14 bits per heavy atom. The van der Waals surface area contributed by atoms with Gasteiger partial charge in [-0.3, -0.25) is 0 Å². The highest BCUT2D eigenvalue weighted by atomic mass is 35.5. The molecule has 0 radical (unpaired) electrons. The SMILES string of the molecule is CCC(CCCl)NS(=O)(=O)CC1CC1. The van der Waals surface area contributed by atoms with Gasteiger partial charge in [0.05, 0.1) is 5.75 Å². The summed E-state index contributed by atoms with van der Waals surface area (Å²) in [5.41, 5.74) is 0. The maximum atomic E-state index is 11.6. The Kier molecular flexibility index (Phi) is 4.67. The molecule has 0 aliphatic heterocycles. The van der Waals surface area contributed by atoms with Crippen LogP contribution < -0.4 is 4.72 Å². The van der Waals surface area contributed by atoms with Crippen molar-refractivity contribution in [2.75, 3.05) is 11.6 Å². The number of sulfonamides is 1. The van der Waals surface area contributed by atoms with E-state index in [0.717, 1.165) is 19.3 Å². The van der Waals surface area contributed by atoms with E-state index in [4.69, 9.17) is 11.6 Å². The topological polar surface area (TPSA) is 46.2 Å². The van der Waals surface area contributed by atoms with Crippen LogP contribution in [0.3, 0.4) is 0 Å². The molecule has 0 aromatic heterocycles. The lowest BCUT2D eigenvalue weighted by Crippen LogP contribution is -2.36. The molecule has 1 fully saturated rings. The fourth-order valence-electron chi connectivity index (χ4n) is 1.37. The molecule has 1 rings (SSSR count). The lowest BCUT2D eigenvalue weighted by atomic mass is 10.2. The van der Waals surface area contributed by atoms with E-state index in [0.29, 0.717) is 24.0 Å². The molecule has 0 saturated heterocycles. The molecule has 14 heavy (non-hydrogen) atoms. The third-order valence-corrected chi connectivity index (χ3v) is 4.27. The van der Waals surface area contributed by atoms with Crippen molar-refractivity contribution in [3.05, 3.63) is 0 Å². The molecule has 1 saturated carbocycles. The summed E-state index contributed by atoms with van der Waals surface area (Å²) in [6.45, 7) is 1.97. The lowest BCUT2D eigenvalue weighted by molar-refractivity contribution is 0.529. The minimum atomic E-state index is -3.06. The molecule has 0 bridgehead atoms. The monoisotopic (exact) mass is 239 g/mol. The zero-order valence-corrected chi connectivity index (χ0v) is 10.1. The number of hydrogen-bond acceptors (Lipinski definition) is 2. The molecule has 3 nitrogen and oxygen atoms in total. The summed E-state index contributed by atoms with van der Waals surface area (Å²) in [7, 11) is -3.06. The van der Waals surface area contributed by atoms with Gasteiger partial charge in [0, 0.05) is 11.9 Å². The van der Waals surface area contributed by atoms with Gasteiger partial charge in [0.15, 0.2) is 0 Å². The summed E-state index contributed by atoms with van der Waals surface area (Å²) < 4.78 is 25.8. The van der Waals surface area contributed by atoms with Gasteiger partial charge in [0.25, 0.3) is 0 Å². The Bertz CT molecular complexity index is 262. The molecular weight excluding hydrogens is 222 g/mol. The van der Waals surface area contributed by atoms with Gasteiger partial charge in [-0.05, 0) is 31.6 Å². The molecule has 0 spiro atoms. The van der Waals surface area contributed by atoms with Crippen LogP contribution in [0.4, 0.5) is 0 Å². The number of nitrogens with one attached hydrogen (secondary N) is 1. The van der Waals surface area contributed by atoms with E-state index >= 15 is 0 Å². The van der Waals surface area contributed by atoms with Crippen molar-refractivity contribution in [1.29, 1.82) is 0 Å². The highest BCUT2D eigenvalue weighted by molar-refractivity contribution is 7.89. The summed E-state index contributed by atoms with van der Waals surface area (Å²) in [6, 6.07) is 0.0104. The molecule has 0 amide bonds. The van der Waals surface area contributed by atoms with Crippen LogP contribution in [0.5, 0.6) is 0 Å². The number of hydrogen-bond donors (Lipinski definition) is 1. The summed E-state index contributed by atoms with van der Waals surface area (Å²) in [5, 5.41) is 0. The molecule has 0 heterocycles. The molecule has 1 unspecified atom stereocenters. The predicted molar refractivity (Wildman–Crippen MR) is 59.1 cm³/mol. The quantitative estimate of drug-likeness (QED) is 0.688. The Labute approximate surface area is 91.3 Å². The number of rotatable bonds is 7. The van der Waals surface area contributed by atoms with Crippen molar-refractivity contribution in [1.82, 2.24) is 4.72 Å². The smallest absolute Gasteiger partial charge is 0.212 e. The second kappa shape index (κ2) is 5.33. The molecule has 1 N–H and O–H groups in total. The van der Waals surface area contributed by atoms with Crippen LogP contribution in [0.1, 0.15) is 32.6 Å². The largest absolute Gasteiger partial charge is 0.212 e. The number of alkyl halides is 1. The lowest BCUT2D eigenvalue weighted by Gasteiger charge is -2.15. The van der Waals surface area contributed by atoms with Crippen molar-refractivity contribution in [2.45, 2.75) is 38.6 Å². The molecule has 5 heteroatoms. The first-order valence-electron chi connectivity index (χ1n) is 5.13. The predicted octanol–water partition coefficient (Wildman–Crippen LogP) is 1.72. The molecule has 0 aromatic rings. The minimum Gasteiger partial charge on any atom is -0.212 e. The normalized spacial score (nSPS) is 19.6. The van der Waals surface area contributed by atoms with Crippen LogP contribution in [-0.2, 0) is 10.0 Å². The van der Waals surface area contributed by atoms with Gasteiger partial charge in [-0.25, -0.2) is 13.1 Å². The zero-order valence-electron chi connectivity index (χ0n) is 8.50. The highest BCUT2D eigenvalue weighted by Gasteiger charge is 2.28. The maximum absolute atomic E-state index is 11.6. The third kappa shape index (κ3) is 4.62. The summed E-state index contributed by atoms with van der Waals surface area (Å²) in [6.07, 6.45) is 3.64. The average Bonchev–Trinajstić information content (AvgIpc) is 2.86. The van der Waals surface area contributed by atoms with Crippen LogP contribution in [-0.4, -0.2) is 26.1 Å². The third-order valence-electron chi connectivity index (χ3n) is 2.45. The standard InChI is InChI=1S/C9H18ClNO2S/c1-2-9(5-6-10)11-14(12,13)7-8-3-4-8/h8-9,11H,2-7H2,1H3. The first-order valence-corrected chi connectivity index (χ1v) is 7.32. The first-order chi connectivity index (χ1) is 6.57. The van der Waals surface area contributed by atoms with Crippen LogP contribution in [0.25, 0.3) is 0 Å². The van der Waals surface area contributed by atoms with Crippen LogP contribution in [0, 0.1) is 5.92 Å². The average molecular weight is 240 g/mol. The molecule has 1 aliphatic carbocycles. The van der Waals surface area contributed by atoms with Crippen LogP contribution >= 0.6 is 11.6 Å². The molecule has 84 valence electrons. The van der Waals surface area contributed by atoms with Crippen molar-refractivity contribution in [2.24, 2.45) is 5.92 Å². The van der Waals surface area contributed by atoms with E-state index in [1.807, 2.05) is 6.92 Å². The Hall–Kier alpha value is 0.200. The van der Waals surface area contributed by atoms with Crippen molar-refractivity contribution in [3.63, 3.8) is 0 Å². The van der Waals surface area contributed by atoms with Gasteiger partial charge in [-0.2, -0.15) is 0 Å². The van der Waals surface area contributed by atoms with Gasteiger partial charge in [0.2, 0.25) is 10.0 Å². The summed E-state index contributed by atoms with van der Waals surface area (Å²) >= 11 is 5.59. The van der Waals surface area contributed by atoms with Crippen molar-refractivity contribution >= 4 is 21.6 Å². The summed E-state index contributed by atoms with van der Waals surface area (Å²) in [5.74, 6) is 1.21. The molecular formula is C9H18ClNO2S. The number of halogens is 1. The molecule has 0 aromatic carbocycles. The fraction of sp³-hybridized carbons (Fsp3) is 1.00. The van der Waals surface area contributed by atoms with Crippen LogP contribution in [0.15, 0.2) is 0 Å². The zero-order chi connectivity index (χ0) is 10.6.